The minimum absolute atomic E-state index is 0.315. The zero-order chi connectivity index (χ0) is 18.1. The zero-order valence-corrected chi connectivity index (χ0v) is 16.1. The molecule has 0 radical (unpaired) electrons. The van der Waals surface area contributed by atoms with Gasteiger partial charge in [0, 0.05) is 21.9 Å². The van der Waals surface area contributed by atoms with Crippen LogP contribution >= 0.6 is 34.7 Å². The number of aryl methyl sites for hydroxylation is 1. The number of benzene rings is 2. The highest BCUT2D eigenvalue weighted by atomic mass is 35.5. The highest BCUT2D eigenvalue weighted by molar-refractivity contribution is 7.98. The Kier molecular flexibility index (Phi) is 4.89. The van der Waals surface area contributed by atoms with Gasteiger partial charge < -0.3 is 0 Å². The van der Waals surface area contributed by atoms with Crippen LogP contribution in [0, 0.1) is 12.7 Å². The smallest absolute Gasteiger partial charge is 0.146 e. The molecule has 4 aromatic rings. The predicted molar refractivity (Wildman–Crippen MR) is 106 cm³/mol. The molecule has 2 heterocycles. The number of hydrogen-bond donors (Lipinski definition) is 0. The van der Waals surface area contributed by atoms with Crippen LogP contribution in [0.2, 0.25) is 5.02 Å². The molecule has 0 atom stereocenters. The lowest BCUT2D eigenvalue weighted by molar-refractivity contribution is 0.617. The first kappa shape index (κ1) is 17.4. The van der Waals surface area contributed by atoms with Gasteiger partial charge >= 0.3 is 0 Å². The van der Waals surface area contributed by atoms with Crippen LogP contribution in [-0.2, 0) is 5.75 Å². The van der Waals surface area contributed by atoms with E-state index in [1.165, 1.54) is 17.8 Å². The van der Waals surface area contributed by atoms with Gasteiger partial charge in [-0.2, -0.15) is 0 Å². The summed E-state index contributed by atoms with van der Waals surface area (Å²) in [6, 6.07) is 14.6. The third-order valence-electron chi connectivity index (χ3n) is 3.85. The number of hydrogen-bond acceptors (Lipinski definition) is 5. The number of halogens is 2. The summed E-state index contributed by atoms with van der Waals surface area (Å²) in [6.45, 7) is 1.96. The number of nitrogens with zero attached hydrogens (tertiary/aromatic N) is 3. The summed E-state index contributed by atoms with van der Waals surface area (Å²) < 4.78 is 15.0. The SMILES string of the molecule is Cc1nc2c(SCc3c(F)cccc3Cl)nnc(-c3ccccc3)c2s1. The zero-order valence-electron chi connectivity index (χ0n) is 13.7. The molecule has 2 aromatic carbocycles. The first-order valence-corrected chi connectivity index (χ1v) is 10.1. The van der Waals surface area contributed by atoms with E-state index < -0.39 is 0 Å². The second-order valence-electron chi connectivity index (χ2n) is 5.62. The minimum atomic E-state index is -0.315. The molecular weight excluding hydrogens is 389 g/mol. The predicted octanol–water partition coefficient (Wildman–Crippen LogP) is 6.15. The van der Waals surface area contributed by atoms with Gasteiger partial charge in [-0.3, -0.25) is 0 Å². The molecular formula is C19H13ClFN3S2. The van der Waals surface area contributed by atoms with Gasteiger partial charge in [0.25, 0.3) is 0 Å². The van der Waals surface area contributed by atoms with Gasteiger partial charge in [0.2, 0.25) is 0 Å². The molecule has 26 heavy (non-hydrogen) atoms. The number of fused-ring (bicyclic) bond motifs is 1. The second kappa shape index (κ2) is 7.31. The first-order chi connectivity index (χ1) is 12.6. The summed E-state index contributed by atoms with van der Waals surface area (Å²) in [7, 11) is 0. The molecule has 0 N–H and O–H groups in total. The largest absolute Gasteiger partial charge is 0.238 e. The average Bonchev–Trinajstić information content (AvgIpc) is 3.03. The summed E-state index contributed by atoms with van der Waals surface area (Å²) in [5.41, 5.74) is 3.09. The summed E-state index contributed by atoms with van der Waals surface area (Å²) in [5.74, 6) is 0.0564. The van der Waals surface area contributed by atoms with E-state index in [1.54, 1.807) is 23.5 Å². The molecule has 0 aliphatic heterocycles. The van der Waals surface area contributed by atoms with Crippen LogP contribution in [-0.4, -0.2) is 15.2 Å². The molecule has 130 valence electrons. The third-order valence-corrected chi connectivity index (χ3v) is 6.17. The van der Waals surface area contributed by atoms with Gasteiger partial charge in [-0.25, -0.2) is 9.37 Å². The lowest BCUT2D eigenvalue weighted by Crippen LogP contribution is -1.94. The van der Waals surface area contributed by atoms with Crippen molar-refractivity contribution in [3.8, 4) is 11.3 Å². The molecule has 0 aliphatic carbocycles. The maximum atomic E-state index is 14.0. The van der Waals surface area contributed by atoms with Gasteiger partial charge in [0.1, 0.15) is 22.1 Å². The van der Waals surface area contributed by atoms with Crippen molar-refractivity contribution in [2.75, 3.05) is 0 Å². The molecule has 3 nitrogen and oxygen atoms in total. The fourth-order valence-electron chi connectivity index (χ4n) is 2.61. The standard InChI is InChI=1S/C19H13ClFN3S2/c1-11-22-17-18(26-11)16(12-6-3-2-4-7-12)23-24-19(17)25-10-13-14(20)8-5-9-15(13)21/h2-9H,10H2,1H3. The Morgan fingerprint density at radius 1 is 1.08 bits per heavy atom. The molecule has 0 aliphatic rings. The van der Waals surface area contributed by atoms with Gasteiger partial charge in [0.15, 0.2) is 0 Å². The van der Waals surface area contributed by atoms with Gasteiger partial charge in [-0.05, 0) is 19.1 Å². The molecule has 2 aromatic heterocycles. The average molecular weight is 402 g/mol. The van der Waals surface area contributed by atoms with Gasteiger partial charge in [-0.15, -0.1) is 21.5 Å². The van der Waals surface area contributed by atoms with Crippen molar-refractivity contribution in [1.82, 2.24) is 15.2 Å². The van der Waals surface area contributed by atoms with Crippen LogP contribution in [0.4, 0.5) is 4.39 Å². The number of aromatic nitrogens is 3. The Bertz CT molecular complexity index is 1060. The van der Waals surface area contributed by atoms with E-state index >= 15 is 0 Å². The Balaban J connectivity index is 1.73. The molecule has 0 saturated carbocycles. The topological polar surface area (TPSA) is 38.7 Å². The summed E-state index contributed by atoms with van der Waals surface area (Å²) in [4.78, 5) is 4.62. The van der Waals surface area contributed by atoms with Crippen molar-refractivity contribution in [3.05, 3.63) is 69.9 Å². The van der Waals surface area contributed by atoms with Crippen molar-refractivity contribution >= 4 is 44.9 Å². The van der Waals surface area contributed by atoms with E-state index in [0.29, 0.717) is 21.4 Å². The van der Waals surface area contributed by atoms with Crippen LogP contribution in [0.25, 0.3) is 21.5 Å². The lowest BCUT2D eigenvalue weighted by atomic mass is 10.1. The number of rotatable bonds is 4. The maximum absolute atomic E-state index is 14.0. The van der Waals surface area contributed by atoms with Crippen LogP contribution in [0.3, 0.4) is 0 Å². The molecule has 0 fully saturated rings. The molecule has 4 rings (SSSR count). The molecule has 7 heteroatoms. The third kappa shape index (κ3) is 3.32. The highest BCUT2D eigenvalue weighted by Crippen LogP contribution is 2.37. The minimum Gasteiger partial charge on any atom is -0.238 e. The quantitative estimate of drug-likeness (QED) is 0.384. The van der Waals surface area contributed by atoms with Crippen molar-refractivity contribution in [2.24, 2.45) is 0 Å². The van der Waals surface area contributed by atoms with Crippen LogP contribution < -0.4 is 0 Å². The van der Waals surface area contributed by atoms with E-state index in [0.717, 1.165) is 26.5 Å². The van der Waals surface area contributed by atoms with Gasteiger partial charge in [-0.1, -0.05) is 59.8 Å². The Morgan fingerprint density at radius 2 is 1.88 bits per heavy atom. The Hall–Kier alpha value is -2.02. The monoisotopic (exact) mass is 401 g/mol. The summed E-state index contributed by atoms with van der Waals surface area (Å²) >= 11 is 9.10. The van der Waals surface area contributed by atoms with E-state index in [-0.39, 0.29) is 5.82 Å². The van der Waals surface area contributed by atoms with E-state index in [9.17, 15) is 4.39 Å². The molecule has 0 amide bonds. The van der Waals surface area contributed by atoms with Crippen molar-refractivity contribution < 1.29 is 4.39 Å². The van der Waals surface area contributed by atoms with Crippen LogP contribution in [0.15, 0.2) is 53.6 Å². The maximum Gasteiger partial charge on any atom is 0.146 e. The Morgan fingerprint density at radius 3 is 2.65 bits per heavy atom. The summed E-state index contributed by atoms with van der Waals surface area (Å²) in [5, 5.41) is 10.8. The fourth-order valence-corrected chi connectivity index (χ4v) is 4.87. The first-order valence-electron chi connectivity index (χ1n) is 7.88. The molecule has 0 unspecified atom stereocenters. The molecule has 0 bridgehead atoms. The van der Waals surface area contributed by atoms with E-state index in [2.05, 4.69) is 15.2 Å². The number of thioether (sulfide) groups is 1. The van der Waals surface area contributed by atoms with Gasteiger partial charge in [0.05, 0.1) is 9.71 Å². The highest BCUT2D eigenvalue weighted by Gasteiger charge is 2.17. The van der Waals surface area contributed by atoms with Crippen LogP contribution in [0.5, 0.6) is 0 Å². The van der Waals surface area contributed by atoms with E-state index in [4.69, 9.17) is 11.6 Å². The van der Waals surface area contributed by atoms with E-state index in [1.807, 2.05) is 37.3 Å². The molecule has 0 spiro atoms. The normalized spacial score (nSPS) is 11.2. The van der Waals surface area contributed by atoms with Crippen molar-refractivity contribution in [2.45, 2.75) is 17.7 Å². The number of thiazole rings is 1. The van der Waals surface area contributed by atoms with Crippen LogP contribution in [0.1, 0.15) is 10.6 Å². The molecule has 0 saturated heterocycles. The fraction of sp³-hybridized carbons (Fsp3) is 0.105. The van der Waals surface area contributed by atoms with Crippen molar-refractivity contribution in [1.29, 1.82) is 0 Å². The summed E-state index contributed by atoms with van der Waals surface area (Å²) in [6.07, 6.45) is 0. The van der Waals surface area contributed by atoms with Crippen molar-refractivity contribution in [3.63, 3.8) is 0 Å². The second-order valence-corrected chi connectivity index (χ2v) is 8.19. The Labute approximate surface area is 163 Å². The lowest BCUT2D eigenvalue weighted by Gasteiger charge is -2.07.